The number of nitrogens with zero attached hydrogens (tertiary/aromatic N) is 1. The van der Waals surface area contributed by atoms with E-state index in [9.17, 15) is 14.4 Å². The third-order valence-corrected chi connectivity index (χ3v) is 4.94. The van der Waals surface area contributed by atoms with Gasteiger partial charge >= 0.3 is 5.97 Å². The molecule has 3 rings (SSSR count). The first kappa shape index (κ1) is 21.0. The number of methoxy groups -OCH3 is 1. The number of esters is 1. The number of halogens is 2. The average molecular weight is 437 g/mol. The fourth-order valence-corrected chi connectivity index (χ4v) is 3.36. The number of anilines is 2. The summed E-state index contributed by atoms with van der Waals surface area (Å²) in [5, 5.41) is 3.25. The molecule has 0 spiro atoms. The Bertz CT molecular complexity index is 933. The maximum atomic E-state index is 12.3. The number of carbonyl (C=O) groups excluding carboxylic acids is 3. The number of benzene rings is 2. The molecule has 1 aliphatic rings. The number of hydrogen-bond acceptors (Lipinski definition) is 5. The van der Waals surface area contributed by atoms with E-state index >= 15 is 0 Å². The highest BCUT2D eigenvalue weighted by molar-refractivity contribution is 6.36. The van der Waals surface area contributed by atoms with E-state index in [-0.39, 0.29) is 23.9 Å². The van der Waals surface area contributed by atoms with E-state index in [4.69, 9.17) is 32.7 Å². The topological polar surface area (TPSA) is 84.9 Å². The van der Waals surface area contributed by atoms with E-state index < -0.39 is 24.4 Å². The van der Waals surface area contributed by atoms with Gasteiger partial charge in [0.25, 0.3) is 5.91 Å². The van der Waals surface area contributed by atoms with Crippen molar-refractivity contribution in [3.8, 4) is 5.75 Å². The maximum Gasteiger partial charge on any atom is 0.311 e. The molecule has 2 aromatic carbocycles. The van der Waals surface area contributed by atoms with Crippen molar-refractivity contribution in [1.82, 2.24) is 0 Å². The Hall–Kier alpha value is -2.77. The lowest BCUT2D eigenvalue weighted by atomic mass is 10.1. The van der Waals surface area contributed by atoms with Crippen LogP contribution in [0.1, 0.15) is 6.42 Å². The molecule has 0 bridgehead atoms. The molecule has 1 fully saturated rings. The molecule has 0 aliphatic carbocycles. The molecule has 2 aromatic rings. The third-order valence-electron chi connectivity index (χ3n) is 4.39. The monoisotopic (exact) mass is 436 g/mol. The zero-order valence-electron chi connectivity index (χ0n) is 15.5. The van der Waals surface area contributed by atoms with Crippen molar-refractivity contribution in [2.75, 3.05) is 30.5 Å². The summed E-state index contributed by atoms with van der Waals surface area (Å²) in [6, 6.07) is 11.6. The van der Waals surface area contributed by atoms with Crippen LogP contribution in [0.15, 0.2) is 42.5 Å². The lowest BCUT2D eigenvalue weighted by Gasteiger charge is -2.17. The van der Waals surface area contributed by atoms with Gasteiger partial charge in [-0.2, -0.15) is 0 Å². The average Bonchev–Trinajstić information content (AvgIpc) is 3.10. The lowest BCUT2D eigenvalue weighted by Crippen LogP contribution is -2.28. The van der Waals surface area contributed by atoms with Crippen molar-refractivity contribution in [2.24, 2.45) is 5.92 Å². The highest BCUT2D eigenvalue weighted by Crippen LogP contribution is 2.28. The lowest BCUT2D eigenvalue weighted by molar-refractivity contribution is -0.151. The van der Waals surface area contributed by atoms with E-state index in [2.05, 4.69) is 5.32 Å². The predicted molar refractivity (Wildman–Crippen MR) is 110 cm³/mol. The molecular weight excluding hydrogens is 419 g/mol. The van der Waals surface area contributed by atoms with E-state index in [1.807, 2.05) is 0 Å². The molecule has 0 aromatic heterocycles. The van der Waals surface area contributed by atoms with E-state index in [0.717, 1.165) is 0 Å². The van der Waals surface area contributed by atoms with Gasteiger partial charge in [0.05, 0.1) is 23.7 Å². The molecule has 1 aliphatic heterocycles. The molecule has 0 saturated carbocycles. The second kappa shape index (κ2) is 9.15. The van der Waals surface area contributed by atoms with Gasteiger partial charge in [-0.05, 0) is 42.5 Å². The number of hydrogen-bond donors (Lipinski definition) is 1. The second-order valence-corrected chi connectivity index (χ2v) is 7.23. The van der Waals surface area contributed by atoms with Crippen LogP contribution in [-0.4, -0.2) is 38.0 Å². The molecule has 1 saturated heterocycles. The maximum absolute atomic E-state index is 12.3. The largest absolute Gasteiger partial charge is 0.497 e. The fraction of sp³-hybridized carbons (Fsp3) is 0.250. The van der Waals surface area contributed by atoms with Gasteiger partial charge in [-0.1, -0.05) is 23.2 Å². The third kappa shape index (κ3) is 5.19. The Kier molecular flexibility index (Phi) is 6.61. The Morgan fingerprint density at radius 1 is 1.17 bits per heavy atom. The quantitative estimate of drug-likeness (QED) is 0.699. The van der Waals surface area contributed by atoms with E-state index in [1.165, 1.54) is 11.0 Å². The van der Waals surface area contributed by atoms with Gasteiger partial charge in [0.2, 0.25) is 5.91 Å². The summed E-state index contributed by atoms with van der Waals surface area (Å²) < 4.78 is 10.2. The molecule has 0 unspecified atom stereocenters. The number of ether oxygens (including phenoxy) is 2. The van der Waals surface area contributed by atoms with Gasteiger partial charge in [0.15, 0.2) is 6.61 Å². The number of rotatable bonds is 6. The van der Waals surface area contributed by atoms with Gasteiger partial charge < -0.3 is 19.7 Å². The molecule has 9 heteroatoms. The van der Waals surface area contributed by atoms with Crippen LogP contribution in [0, 0.1) is 5.92 Å². The van der Waals surface area contributed by atoms with Crippen molar-refractivity contribution in [3.05, 3.63) is 52.5 Å². The van der Waals surface area contributed by atoms with Crippen molar-refractivity contribution >= 4 is 52.4 Å². The fourth-order valence-electron chi connectivity index (χ4n) is 2.91. The smallest absolute Gasteiger partial charge is 0.311 e. The molecule has 0 radical (unpaired) electrons. The van der Waals surface area contributed by atoms with Crippen LogP contribution in [0.25, 0.3) is 0 Å². The van der Waals surface area contributed by atoms with Gasteiger partial charge in [-0.25, -0.2) is 0 Å². The Balaban J connectivity index is 1.52. The summed E-state index contributed by atoms with van der Waals surface area (Å²) in [5.74, 6) is -1.31. The molecule has 1 heterocycles. The van der Waals surface area contributed by atoms with Crippen molar-refractivity contribution in [2.45, 2.75) is 6.42 Å². The van der Waals surface area contributed by atoms with Crippen LogP contribution < -0.4 is 15.0 Å². The van der Waals surface area contributed by atoms with Gasteiger partial charge in [-0.3, -0.25) is 14.4 Å². The van der Waals surface area contributed by atoms with Crippen molar-refractivity contribution in [1.29, 1.82) is 0 Å². The zero-order chi connectivity index (χ0) is 21.0. The summed E-state index contributed by atoms with van der Waals surface area (Å²) in [7, 11) is 1.55. The Morgan fingerprint density at radius 2 is 1.90 bits per heavy atom. The highest BCUT2D eigenvalue weighted by Gasteiger charge is 2.36. The van der Waals surface area contributed by atoms with Crippen LogP contribution in [0.4, 0.5) is 11.4 Å². The van der Waals surface area contributed by atoms with Gasteiger partial charge in [0.1, 0.15) is 5.75 Å². The number of nitrogens with one attached hydrogen (secondary N) is 1. The normalized spacial score (nSPS) is 15.9. The number of carbonyl (C=O) groups is 3. The van der Waals surface area contributed by atoms with Crippen molar-refractivity contribution in [3.63, 3.8) is 0 Å². The second-order valence-electron chi connectivity index (χ2n) is 6.38. The van der Waals surface area contributed by atoms with E-state index in [1.54, 1.807) is 43.5 Å². The minimum absolute atomic E-state index is 0.0233. The summed E-state index contributed by atoms with van der Waals surface area (Å²) in [6.07, 6.45) is 0.0233. The SMILES string of the molecule is COc1ccc(N2C[C@@H](C(=O)OCC(=O)Nc3ccc(Cl)cc3Cl)CC2=O)cc1. The summed E-state index contributed by atoms with van der Waals surface area (Å²) in [5.41, 5.74) is 1.03. The molecular formula is C20H18Cl2N2O5. The van der Waals surface area contributed by atoms with Gasteiger partial charge in [0, 0.05) is 23.7 Å². The summed E-state index contributed by atoms with van der Waals surface area (Å²) in [4.78, 5) is 38.1. The summed E-state index contributed by atoms with van der Waals surface area (Å²) >= 11 is 11.8. The summed E-state index contributed by atoms with van der Waals surface area (Å²) in [6.45, 7) is -0.292. The molecule has 152 valence electrons. The van der Waals surface area contributed by atoms with Crippen LogP contribution in [0.5, 0.6) is 5.75 Å². The van der Waals surface area contributed by atoms with Crippen molar-refractivity contribution < 1.29 is 23.9 Å². The highest BCUT2D eigenvalue weighted by atomic mass is 35.5. The first-order valence-corrected chi connectivity index (χ1v) is 9.49. The van der Waals surface area contributed by atoms with E-state index in [0.29, 0.717) is 22.1 Å². The minimum Gasteiger partial charge on any atom is -0.497 e. The Morgan fingerprint density at radius 3 is 2.55 bits per heavy atom. The minimum atomic E-state index is -0.642. The first-order valence-electron chi connectivity index (χ1n) is 8.73. The molecule has 7 nitrogen and oxygen atoms in total. The standard InChI is InChI=1S/C20H18Cl2N2O5/c1-28-15-5-3-14(4-6-15)24-10-12(8-19(24)26)20(27)29-11-18(25)23-17-7-2-13(21)9-16(17)22/h2-7,9,12H,8,10-11H2,1H3,(H,23,25)/t12-/m0/s1. The number of amides is 2. The van der Waals surface area contributed by atoms with Gasteiger partial charge in [-0.15, -0.1) is 0 Å². The van der Waals surface area contributed by atoms with Crippen LogP contribution in [0.3, 0.4) is 0 Å². The molecule has 1 N–H and O–H groups in total. The van der Waals surface area contributed by atoms with Crippen LogP contribution in [-0.2, 0) is 19.1 Å². The van der Waals surface area contributed by atoms with Crippen LogP contribution in [0.2, 0.25) is 10.0 Å². The first-order chi connectivity index (χ1) is 13.9. The molecule has 29 heavy (non-hydrogen) atoms. The molecule has 1 atom stereocenters. The van der Waals surface area contributed by atoms with Crippen LogP contribution >= 0.6 is 23.2 Å². The molecule has 2 amide bonds. The predicted octanol–water partition coefficient (Wildman–Crippen LogP) is 3.54. The zero-order valence-corrected chi connectivity index (χ0v) is 17.0. The Labute approximate surface area is 177 Å².